The zero-order valence-electron chi connectivity index (χ0n) is 16.8. The molecule has 2 aromatic carbocycles. The molecule has 1 amide bonds. The Morgan fingerprint density at radius 2 is 1.79 bits per heavy atom. The quantitative estimate of drug-likeness (QED) is 0.300. The molecule has 0 aliphatic heterocycles. The van der Waals surface area contributed by atoms with Gasteiger partial charge in [0, 0.05) is 44.7 Å². The first-order chi connectivity index (χ1) is 13.9. The Balaban J connectivity index is 1.54. The van der Waals surface area contributed by atoms with E-state index in [4.69, 9.17) is 11.6 Å². The Bertz CT molecular complexity index is 1010. The summed E-state index contributed by atoms with van der Waals surface area (Å²) in [6, 6.07) is 18.1. The molecule has 29 heavy (non-hydrogen) atoms. The van der Waals surface area contributed by atoms with E-state index in [2.05, 4.69) is 46.3 Å². The molecule has 0 aliphatic rings. The van der Waals surface area contributed by atoms with Gasteiger partial charge in [-0.1, -0.05) is 29.3 Å². The molecule has 0 atom stereocenters. The van der Waals surface area contributed by atoms with Crippen LogP contribution in [0.5, 0.6) is 0 Å². The van der Waals surface area contributed by atoms with Crippen molar-refractivity contribution in [3.63, 3.8) is 0 Å². The highest BCUT2D eigenvalue weighted by Crippen LogP contribution is 2.21. The van der Waals surface area contributed by atoms with Crippen molar-refractivity contribution < 1.29 is 4.79 Å². The number of hydrogen-bond donors (Lipinski definition) is 1. The highest BCUT2D eigenvalue weighted by Gasteiger charge is 2.09. The molecule has 1 aromatic heterocycles. The number of hydrazone groups is 1. The largest absolute Gasteiger partial charge is 0.318 e. The highest BCUT2D eigenvalue weighted by molar-refractivity contribution is 7.99. The summed E-state index contributed by atoms with van der Waals surface area (Å²) in [5.74, 6) is 0.627. The SMILES string of the molecule is Cc1ccc(SCCC(=O)N/N=C\c2cc(C)n(-c3ccc(Cl)cc3)c2C)cc1. The molecule has 150 valence electrons. The number of carbonyl (C=O) groups is 1. The first-order valence-corrected chi connectivity index (χ1v) is 10.8. The number of nitrogens with one attached hydrogen (secondary N) is 1. The second-order valence-corrected chi connectivity index (χ2v) is 8.45. The number of nitrogens with zero attached hydrogens (tertiary/aromatic N) is 2. The van der Waals surface area contributed by atoms with Crippen LogP contribution in [0.25, 0.3) is 5.69 Å². The van der Waals surface area contributed by atoms with Crippen LogP contribution in [0.15, 0.2) is 64.6 Å². The Labute approximate surface area is 181 Å². The Hall–Kier alpha value is -2.50. The summed E-state index contributed by atoms with van der Waals surface area (Å²) in [6.45, 7) is 6.13. The van der Waals surface area contributed by atoms with E-state index >= 15 is 0 Å². The summed E-state index contributed by atoms with van der Waals surface area (Å²) in [5, 5.41) is 4.84. The van der Waals surface area contributed by atoms with E-state index < -0.39 is 0 Å². The predicted molar refractivity (Wildman–Crippen MR) is 123 cm³/mol. The van der Waals surface area contributed by atoms with E-state index in [0.29, 0.717) is 11.4 Å². The monoisotopic (exact) mass is 425 g/mol. The minimum Gasteiger partial charge on any atom is -0.318 e. The van der Waals surface area contributed by atoms with Crippen LogP contribution in [0.2, 0.25) is 5.02 Å². The summed E-state index contributed by atoms with van der Waals surface area (Å²) in [6.07, 6.45) is 2.11. The zero-order chi connectivity index (χ0) is 20.8. The van der Waals surface area contributed by atoms with Crippen molar-refractivity contribution >= 4 is 35.5 Å². The van der Waals surface area contributed by atoms with Gasteiger partial charge in [0.05, 0.1) is 6.21 Å². The molecule has 0 saturated heterocycles. The van der Waals surface area contributed by atoms with Crippen molar-refractivity contribution in [1.82, 2.24) is 9.99 Å². The number of carbonyl (C=O) groups excluding carboxylic acids is 1. The Kier molecular flexibility index (Phi) is 7.18. The van der Waals surface area contributed by atoms with E-state index in [9.17, 15) is 4.79 Å². The third kappa shape index (κ3) is 5.75. The number of thioether (sulfide) groups is 1. The van der Waals surface area contributed by atoms with Crippen molar-refractivity contribution in [1.29, 1.82) is 0 Å². The van der Waals surface area contributed by atoms with Gasteiger partial charge in [0.1, 0.15) is 0 Å². The summed E-state index contributed by atoms with van der Waals surface area (Å²) in [4.78, 5) is 13.2. The predicted octanol–water partition coefficient (Wildman–Crippen LogP) is 5.69. The maximum Gasteiger partial charge on any atom is 0.240 e. The van der Waals surface area contributed by atoms with Crippen molar-refractivity contribution in [2.45, 2.75) is 32.1 Å². The fourth-order valence-electron chi connectivity index (χ4n) is 3.03. The molecule has 0 bridgehead atoms. The van der Waals surface area contributed by atoms with Crippen LogP contribution in [0.4, 0.5) is 0 Å². The lowest BCUT2D eigenvalue weighted by atomic mass is 10.2. The van der Waals surface area contributed by atoms with Gasteiger partial charge >= 0.3 is 0 Å². The van der Waals surface area contributed by atoms with Crippen LogP contribution in [0.1, 0.15) is 28.9 Å². The standard InChI is InChI=1S/C23H24ClN3OS/c1-16-4-10-22(11-5-16)29-13-12-23(28)26-25-15-19-14-17(2)27(18(19)3)21-8-6-20(24)7-9-21/h4-11,14-15H,12-13H2,1-3H3,(H,26,28)/b25-15-. The van der Waals surface area contributed by atoms with Crippen LogP contribution < -0.4 is 5.43 Å². The molecule has 4 nitrogen and oxygen atoms in total. The lowest BCUT2D eigenvalue weighted by Gasteiger charge is -2.09. The number of aryl methyl sites for hydroxylation is 2. The average molecular weight is 426 g/mol. The molecule has 1 N–H and O–H groups in total. The van der Waals surface area contributed by atoms with E-state index in [1.807, 2.05) is 44.2 Å². The number of amides is 1. The summed E-state index contributed by atoms with van der Waals surface area (Å²) >= 11 is 7.66. The zero-order valence-corrected chi connectivity index (χ0v) is 18.3. The number of benzene rings is 2. The van der Waals surface area contributed by atoms with Gasteiger partial charge in [-0.05, 0) is 63.2 Å². The lowest BCUT2D eigenvalue weighted by Crippen LogP contribution is -2.17. The van der Waals surface area contributed by atoms with Crippen LogP contribution >= 0.6 is 23.4 Å². The van der Waals surface area contributed by atoms with Gasteiger partial charge in [-0.3, -0.25) is 4.79 Å². The van der Waals surface area contributed by atoms with Crippen LogP contribution in [0, 0.1) is 20.8 Å². The fourth-order valence-corrected chi connectivity index (χ4v) is 4.01. The molecular formula is C23H24ClN3OS. The molecule has 3 rings (SSSR count). The van der Waals surface area contributed by atoms with Crippen molar-refractivity contribution in [2.24, 2.45) is 5.10 Å². The third-order valence-corrected chi connectivity index (χ3v) is 5.83. The number of halogens is 1. The highest BCUT2D eigenvalue weighted by atomic mass is 35.5. The van der Waals surface area contributed by atoms with E-state index in [1.165, 1.54) is 10.5 Å². The van der Waals surface area contributed by atoms with Crippen molar-refractivity contribution in [2.75, 3.05) is 5.75 Å². The normalized spacial score (nSPS) is 11.2. The molecule has 0 saturated carbocycles. The fraction of sp³-hybridized carbons (Fsp3) is 0.217. The van der Waals surface area contributed by atoms with Crippen LogP contribution in [-0.4, -0.2) is 22.4 Å². The molecule has 0 radical (unpaired) electrons. The minimum atomic E-state index is -0.0904. The second kappa shape index (κ2) is 9.81. The van der Waals surface area contributed by atoms with E-state index in [-0.39, 0.29) is 5.91 Å². The number of hydrogen-bond acceptors (Lipinski definition) is 3. The molecule has 0 spiro atoms. The smallest absolute Gasteiger partial charge is 0.240 e. The average Bonchev–Trinajstić information content (AvgIpc) is 2.98. The maximum atomic E-state index is 12.0. The number of rotatable bonds is 7. The molecule has 1 heterocycles. The summed E-state index contributed by atoms with van der Waals surface area (Å²) in [7, 11) is 0. The second-order valence-electron chi connectivity index (χ2n) is 6.84. The molecule has 3 aromatic rings. The molecule has 0 unspecified atom stereocenters. The molecule has 0 fully saturated rings. The van der Waals surface area contributed by atoms with Gasteiger partial charge in [-0.2, -0.15) is 5.10 Å². The Morgan fingerprint density at radius 1 is 1.10 bits per heavy atom. The summed E-state index contributed by atoms with van der Waals surface area (Å²) in [5.41, 5.74) is 8.00. The van der Waals surface area contributed by atoms with Gasteiger partial charge < -0.3 is 4.57 Å². The van der Waals surface area contributed by atoms with Gasteiger partial charge in [0.25, 0.3) is 0 Å². The maximum absolute atomic E-state index is 12.0. The minimum absolute atomic E-state index is 0.0904. The molecule has 0 aliphatic carbocycles. The first-order valence-electron chi connectivity index (χ1n) is 9.40. The van der Waals surface area contributed by atoms with Crippen molar-refractivity contribution in [3.8, 4) is 5.69 Å². The topological polar surface area (TPSA) is 46.4 Å². The summed E-state index contributed by atoms with van der Waals surface area (Å²) < 4.78 is 2.14. The van der Waals surface area contributed by atoms with Gasteiger partial charge in [-0.15, -0.1) is 11.8 Å². The van der Waals surface area contributed by atoms with Crippen LogP contribution in [0.3, 0.4) is 0 Å². The Morgan fingerprint density at radius 3 is 2.48 bits per heavy atom. The molecule has 6 heteroatoms. The first kappa shape index (κ1) is 21.2. The lowest BCUT2D eigenvalue weighted by molar-refractivity contribution is -0.120. The third-order valence-electron chi connectivity index (χ3n) is 4.57. The van der Waals surface area contributed by atoms with Gasteiger partial charge in [0.15, 0.2) is 0 Å². The molecular weight excluding hydrogens is 402 g/mol. The van der Waals surface area contributed by atoms with Gasteiger partial charge in [0.2, 0.25) is 5.91 Å². The van der Waals surface area contributed by atoms with E-state index in [1.54, 1.807) is 18.0 Å². The van der Waals surface area contributed by atoms with E-state index in [0.717, 1.165) is 28.4 Å². The van der Waals surface area contributed by atoms with Crippen molar-refractivity contribution in [3.05, 3.63) is 82.1 Å². The number of aromatic nitrogens is 1. The van der Waals surface area contributed by atoms with Gasteiger partial charge in [-0.25, -0.2) is 5.43 Å². The van der Waals surface area contributed by atoms with Crippen LogP contribution in [-0.2, 0) is 4.79 Å².